The Morgan fingerprint density at radius 3 is 3.08 bits per heavy atom. The van der Waals surface area contributed by atoms with E-state index >= 15 is 0 Å². The first-order valence-electron chi connectivity index (χ1n) is 8.95. The Kier molecular flexibility index (Phi) is 4.69. The number of likely N-dealkylation sites (tertiary alicyclic amines) is 1. The zero-order chi connectivity index (χ0) is 17.4. The molecule has 1 unspecified atom stereocenters. The normalized spacial score (nSPS) is 20.8. The van der Waals surface area contributed by atoms with Crippen molar-refractivity contribution in [3.05, 3.63) is 44.7 Å². The first-order valence-corrected chi connectivity index (χ1v) is 10.1. The molecule has 134 valence electrons. The molecule has 0 aliphatic carbocycles. The van der Waals surface area contributed by atoms with Crippen LogP contribution in [0.5, 0.6) is 0 Å². The minimum Gasteiger partial charge on any atom is -0.361 e. The summed E-state index contributed by atoms with van der Waals surface area (Å²) in [6, 6.07) is 2.14. The van der Waals surface area contributed by atoms with E-state index in [2.05, 4.69) is 15.2 Å². The maximum atomic E-state index is 12.5. The number of rotatable bonds is 4. The molecule has 1 fully saturated rings. The van der Waals surface area contributed by atoms with Gasteiger partial charge in [-0.15, -0.1) is 0 Å². The van der Waals surface area contributed by atoms with Crippen LogP contribution in [-0.4, -0.2) is 38.2 Å². The van der Waals surface area contributed by atoms with Gasteiger partial charge in [0.15, 0.2) is 0 Å². The Balaban J connectivity index is 1.53. The van der Waals surface area contributed by atoms with Crippen LogP contribution in [-0.2, 0) is 25.3 Å². The van der Waals surface area contributed by atoms with Gasteiger partial charge in [0.1, 0.15) is 5.76 Å². The molecule has 0 bridgehead atoms. The molecule has 1 atom stereocenters. The zero-order valence-electron chi connectivity index (χ0n) is 14.8. The number of thioether (sulfide) groups is 1. The average molecular weight is 360 g/mol. The number of nitrogens with zero attached hydrogens (tertiary/aromatic N) is 4. The van der Waals surface area contributed by atoms with Crippen LogP contribution >= 0.6 is 11.8 Å². The fourth-order valence-corrected chi connectivity index (χ4v) is 4.78. The molecule has 7 heteroatoms. The van der Waals surface area contributed by atoms with Gasteiger partial charge in [-0.1, -0.05) is 5.16 Å². The van der Waals surface area contributed by atoms with E-state index in [1.807, 2.05) is 25.6 Å². The van der Waals surface area contributed by atoms with E-state index in [0.717, 1.165) is 66.6 Å². The highest BCUT2D eigenvalue weighted by molar-refractivity contribution is 7.98. The van der Waals surface area contributed by atoms with Crippen LogP contribution < -0.4 is 5.56 Å². The number of hydrogen-bond donors (Lipinski definition) is 0. The van der Waals surface area contributed by atoms with E-state index in [1.54, 1.807) is 10.7 Å². The number of aryl methyl sites for hydroxylation is 3. The molecule has 2 aliphatic heterocycles. The minimum atomic E-state index is 0.0328. The van der Waals surface area contributed by atoms with Gasteiger partial charge < -0.3 is 4.52 Å². The second kappa shape index (κ2) is 6.96. The second-order valence-electron chi connectivity index (χ2n) is 7.01. The van der Waals surface area contributed by atoms with Gasteiger partial charge in [0.2, 0.25) is 0 Å². The zero-order valence-corrected chi connectivity index (χ0v) is 15.6. The lowest BCUT2D eigenvalue weighted by Gasteiger charge is -2.25. The molecule has 0 amide bonds. The SMILES string of the molecule is Cc1noc(C)c1CN1CCCC1Cn1nc2c(cc1=O)CSCC2. The third kappa shape index (κ3) is 3.40. The van der Waals surface area contributed by atoms with Crippen LogP contribution in [0.25, 0.3) is 0 Å². The molecule has 25 heavy (non-hydrogen) atoms. The summed E-state index contributed by atoms with van der Waals surface area (Å²) in [6.07, 6.45) is 3.22. The fourth-order valence-electron chi connectivity index (χ4n) is 3.82. The van der Waals surface area contributed by atoms with Crippen molar-refractivity contribution in [3.63, 3.8) is 0 Å². The third-order valence-corrected chi connectivity index (χ3v) is 6.34. The molecule has 1 saturated heterocycles. The summed E-state index contributed by atoms with van der Waals surface area (Å²) >= 11 is 1.88. The molecule has 0 aromatic carbocycles. The Hall–Kier alpha value is -1.60. The van der Waals surface area contributed by atoms with Gasteiger partial charge in [-0.25, -0.2) is 4.68 Å². The number of aromatic nitrogens is 3. The van der Waals surface area contributed by atoms with Crippen LogP contribution in [0.15, 0.2) is 15.4 Å². The predicted octanol–water partition coefficient (Wildman–Crippen LogP) is 2.30. The van der Waals surface area contributed by atoms with Gasteiger partial charge in [0.25, 0.3) is 5.56 Å². The number of hydrogen-bond acceptors (Lipinski definition) is 6. The van der Waals surface area contributed by atoms with Crippen LogP contribution in [0.1, 0.15) is 41.1 Å². The Labute approximate surface area is 151 Å². The summed E-state index contributed by atoms with van der Waals surface area (Å²) in [7, 11) is 0. The van der Waals surface area contributed by atoms with Crippen LogP contribution in [0.2, 0.25) is 0 Å². The first kappa shape index (κ1) is 16.8. The van der Waals surface area contributed by atoms with Crippen LogP contribution in [0, 0.1) is 13.8 Å². The monoisotopic (exact) mass is 360 g/mol. The summed E-state index contributed by atoms with van der Waals surface area (Å²) in [6.45, 7) is 6.51. The lowest BCUT2D eigenvalue weighted by molar-refractivity contribution is 0.215. The van der Waals surface area contributed by atoms with Crippen molar-refractivity contribution in [2.45, 2.75) is 58.0 Å². The molecule has 2 aromatic heterocycles. The van der Waals surface area contributed by atoms with Gasteiger partial charge in [-0.2, -0.15) is 16.9 Å². The maximum Gasteiger partial charge on any atom is 0.267 e. The molecule has 2 aliphatic rings. The Bertz CT molecular complexity index is 809. The second-order valence-corrected chi connectivity index (χ2v) is 8.11. The lowest BCUT2D eigenvalue weighted by Crippen LogP contribution is -2.37. The van der Waals surface area contributed by atoms with Crippen molar-refractivity contribution in [2.75, 3.05) is 12.3 Å². The molecule has 0 spiro atoms. The van der Waals surface area contributed by atoms with Crippen molar-refractivity contribution in [3.8, 4) is 0 Å². The van der Waals surface area contributed by atoms with E-state index in [-0.39, 0.29) is 5.56 Å². The highest BCUT2D eigenvalue weighted by atomic mass is 32.2. The van der Waals surface area contributed by atoms with E-state index in [4.69, 9.17) is 4.52 Å². The summed E-state index contributed by atoms with van der Waals surface area (Å²) in [5.74, 6) is 2.91. The Morgan fingerprint density at radius 1 is 1.40 bits per heavy atom. The summed E-state index contributed by atoms with van der Waals surface area (Å²) in [5.41, 5.74) is 4.40. The standard InChI is InChI=1S/C18H24N4O2S/c1-12-16(13(2)24-20-12)10-21-6-3-4-15(21)9-22-18(23)8-14-11-25-7-5-17(14)19-22/h8,15H,3-7,9-11H2,1-2H3. The van der Waals surface area contributed by atoms with E-state index in [1.165, 1.54) is 5.56 Å². The molecule has 6 nitrogen and oxygen atoms in total. The van der Waals surface area contributed by atoms with E-state index in [9.17, 15) is 4.79 Å². The van der Waals surface area contributed by atoms with Crippen LogP contribution in [0.4, 0.5) is 0 Å². The summed E-state index contributed by atoms with van der Waals surface area (Å²) < 4.78 is 6.98. The molecular formula is C18H24N4O2S. The van der Waals surface area contributed by atoms with Gasteiger partial charge in [0, 0.05) is 36.4 Å². The molecule has 4 heterocycles. The van der Waals surface area contributed by atoms with E-state index in [0.29, 0.717) is 12.6 Å². The van der Waals surface area contributed by atoms with Gasteiger partial charge in [0.05, 0.1) is 17.9 Å². The van der Waals surface area contributed by atoms with Gasteiger partial charge in [-0.3, -0.25) is 9.69 Å². The largest absolute Gasteiger partial charge is 0.361 e. The predicted molar refractivity (Wildman–Crippen MR) is 97.8 cm³/mol. The average Bonchev–Trinajstić information content (AvgIpc) is 3.17. The fraction of sp³-hybridized carbons (Fsp3) is 0.611. The topological polar surface area (TPSA) is 64.2 Å². The molecule has 4 rings (SSSR count). The van der Waals surface area contributed by atoms with E-state index < -0.39 is 0 Å². The quantitative estimate of drug-likeness (QED) is 0.834. The highest BCUT2D eigenvalue weighted by Crippen LogP contribution is 2.25. The lowest BCUT2D eigenvalue weighted by atomic mass is 10.1. The third-order valence-electron chi connectivity index (χ3n) is 5.33. The summed E-state index contributed by atoms with van der Waals surface area (Å²) in [5, 5.41) is 8.73. The highest BCUT2D eigenvalue weighted by Gasteiger charge is 2.27. The number of fused-ring (bicyclic) bond motifs is 1. The smallest absolute Gasteiger partial charge is 0.267 e. The molecule has 0 N–H and O–H groups in total. The van der Waals surface area contributed by atoms with Crippen molar-refractivity contribution in [2.24, 2.45) is 0 Å². The van der Waals surface area contributed by atoms with Crippen molar-refractivity contribution in [1.29, 1.82) is 0 Å². The molecule has 0 saturated carbocycles. The van der Waals surface area contributed by atoms with Crippen molar-refractivity contribution >= 4 is 11.8 Å². The van der Waals surface area contributed by atoms with Crippen molar-refractivity contribution < 1.29 is 4.52 Å². The summed E-state index contributed by atoms with van der Waals surface area (Å²) in [4.78, 5) is 14.9. The van der Waals surface area contributed by atoms with Crippen LogP contribution in [0.3, 0.4) is 0 Å². The van der Waals surface area contributed by atoms with Crippen molar-refractivity contribution in [1.82, 2.24) is 19.8 Å². The minimum absolute atomic E-state index is 0.0328. The van der Waals surface area contributed by atoms with Gasteiger partial charge in [-0.05, 0) is 44.6 Å². The molecule has 0 radical (unpaired) electrons. The molecular weight excluding hydrogens is 336 g/mol. The maximum absolute atomic E-state index is 12.5. The molecule has 2 aromatic rings. The Morgan fingerprint density at radius 2 is 2.28 bits per heavy atom. The first-order chi connectivity index (χ1) is 12.1. The van der Waals surface area contributed by atoms with Gasteiger partial charge >= 0.3 is 0 Å².